The summed E-state index contributed by atoms with van der Waals surface area (Å²) in [5, 5.41) is 7.24. The van der Waals surface area contributed by atoms with E-state index >= 15 is 0 Å². The molecule has 1 heterocycles. The second-order valence-corrected chi connectivity index (χ2v) is 8.14. The molecule has 4 aromatic rings. The minimum Gasteiger partial charge on any atom is -0.488 e. The first-order valence-corrected chi connectivity index (χ1v) is 10.7. The van der Waals surface area contributed by atoms with Crippen molar-refractivity contribution in [1.29, 1.82) is 0 Å². The van der Waals surface area contributed by atoms with Crippen LogP contribution in [-0.2, 0) is 13.2 Å². The van der Waals surface area contributed by atoms with Crippen molar-refractivity contribution < 1.29 is 9.53 Å². The lowest BCUT2D eigenvalue weighted by Gasteiger charge is -2.09. The SMILES string of the molecule is Cc1cccc(Cn2cc(NC(=O)c3ccc(COc4ccccc4Br)cc3)cn2)c1. The highest BCUT2D eigenvalue weighted by Gasteiger charge is 2.09. The number of nitrogens with zero attached hydrogens (tertiary/aromatic N) is 2. The van der Waals surface area contributed by atoms with E-state index in [1.807, 2.05) is 53.3 Å². The Morgan fingerprint density at radius 1 is 1.03 bits per heavy atom. The van der Waals surface area contributed by atoms with Crippen LogP contribution in [0.3, 0.4) is 0 Å². The largest absolute Gasteiger partial charge is 0.488 e. The van der Waals surface area contributed by atoms with Gasteiger partial charge in [-0.05, 0) is 58.2 Å². The molecule has 1 amide bonds. The monoisotopic (exact) mass is 475 g/mol. The molecule has 31 heavy (non-hydrogen) atoms. The Kier molecular flexibility index (Phi) is 6.48. The number of para-hydroxylation sites is 1. The van der Waals surface area contributed by atoms with Gasteiger partial charge in [-0.25, -0.2) is 0 Å². The molecule has 6 heteroatoms. The van der Waals surface area contributed by atoms with Crippen molar-refractivity contribution in [2.45, 2.75) is 20.1 Å². The van der Waals surface area contributed by atoms with Gasteiger partial charge in [0, 0.05) is 11.8 Å². The second-order valence-electron chi connectivity index (χ2n) is 7.29. The van der Waals surface area contributed by atoms with Gasteiger partial charge in [0.05, 0.1) is 22.9 Å². The van der Waals surface area contributed by atoms with Crippen molar-refractivity contribution in [1.82, 2.24) is 9.78 Å². The zero-order valence-corrected chi connectivity index (χ0v) is 18.7. The summed E-state index contributed by atoms with van der Waals surface area (Å²) in [5.41, 5.74) is 4.61. The van der Waals surface area contributed by atoms with Gasteiger partial charge in [0.15, 0.2) is 0 Å². The van der Waals surface area contributed by atoms with Crippen LogP contribution in [0.5, 0.6) is 5.75 Å². The van der Waals surface area contributed by atoms with Crippen LogP contribution in [0, 0.1) is 6.92 Å². The van der Waals surface area contributed by atoms with E-state index in [0.29, 0.717) is 24.4 Å². The predicted molar refractivity (Wildman–Crippen MR) is 125 cm³/mol. The third-order valence-corrected chi connectivity index (χ3v) is 5.42. The van der Waals surface area contributed by atoms with Crippen LogP contribution in [0.4, 0.5) is 5.69 Å². The number of aryl methyl sites for hydroxylation is 1. The molecular formula is C25H22BrN3O2. The number of halogens is 1. The molecule has 0 bridgehead atoms. The van der Waals surface area contributed by atoms with Crippen LogP contribution in [0.2, 0.25) is 0 Å². The number of ether oxygens (including phenoxy) is 1. The average Bonchev–Trinajstić information content (AvgIpc) is 3.20. The van der Waals surface area contributed by atoms with E-state index in [4.69, 9.17) is 4.74 Å². The maximum absolute atomic E-state index is 12.6. The lowest BCUT2D eigenvalue weighted by molar-refractivity contribution is 0.102. The Labute approximate surface area is 189 Å². The topological polar surface area (TPSA) is 56.2 Å². The summed E-state index contributed by atoms with van der Waals surface area (Å²) in [6.07, 6.45) is 3.49. The minimum absolute atomic E-state index is 0.173. The molecule has 156 valence electrons. The molecule has 1 N–H and O–H groups in total. The highest BCUT2D eigenvalue weighted by molar-refractivity contribution is 9.10. The van der Waals surface area contributed by atoms with E-state index in [1.54, 1.807) is 18.3 Å². The van der Waals surface area contributed by atoms with Crippen molar-refractivity contribution >= 4 is 27.5 Å². The van der Waals surface area contributed by atoms with Crippen molar-refractivity contribution in [2.24, 2.45) is 0 Å². The maximum atomic E-state index is 12.6. The van der Waals surface area contributed by atoms with Gasteiger partial charge in [-0.15, -0.1) is 0 Å². The summed E-state index contributed by atoms with van der Waals surface area (Å²) in [4.78, 5) is 12.6. The lowest BCUT2D eigenvalue weighted by Crippen LogP contribution is -2.11. The number of amides is 1. The molecule has 0 saturated carbocycles. The van der Waals surface area contributed by atoms with Gasteiger partial charge in [-0.3, -0.25) is 9.48 Å². The Hall–Kier alpha value is -3.38. The maximum Gasteiger partial charge on any atom is 0.255 e. The Morgan fingerprint density at radius 2 is 1.84 bits per heavy atom. The summed E-state index contributed by atoms with van der Waals surface area (Å²) in [6.45, 7) is 3.15. The van der Waals surface area contributed by atoms with Crippen molar-refractivity contribution in [3.63, 3.8) is 0 Å². The lowest BCUT2D eigenvalue weighted by atomic mass is 10.1. The van der Waals surface area contributed by atoms with Crippen molar-refractivity contribution in [2.75, 3.05) is 5.32 Å². The minimum atomic E-state index is -0.173. The molecule has 0 radical (unpaired) electrons. The van der Waals surface area contributed by atoms with Crippen LogP contribution in [0.1, 0.15) is 27.0 Å². The average molecular weight is 476 g/mol. The Balaban J connectivity index is 1.33. The molecule has 0 atom stereocenters. The summed E-state index contributed by atoms with van der Waals surface area (Å²) in [7, 11) is 0. The van der Waals surface area contributed by atoms with Crippen LogP contribution < -0.4 is 10.1 Å². The number of hydrogen-bond donors (Lipinski definition) is 1. The highest BCUT2D eigenvalue weighted by atomic mass is 79.9. The molecule has 0 aliphatic carbocycles. The number of carbonyl (C=O) groups is 1. The fraction of sp³-hybridized carbons (Fsp3) is 0.120. The van der Waals surface area contributed by atoms with E-state index in [2.05, 4.69) is 51.5 Å². The van der Waals surface area contributed by atoms with Gasteiger partial charge >= 0.3 is 0 Å². The number of hydrogen-bond acceptors (Lipinski definition) is 3. The molecule has 0 fully saturated rings. The van der Waals surface area contributed by atoms with E-state index < -0.39 is 0 Å². The Bertz CT molecular complexity index is 1190. The molecule has 0 aliphatic heterocycles. The van der Waals surface area contributed by atoms with Gasteiger partial charge in [0.1, 0.15) is 12.4 Å². The molecule has 0 unspecified atom stereocenters. The highest BCUT2D eigenvalue weighted by Crippen LogP contribution is 2.24. The number of carbonyl (C=O) groups excluding carboxylic acids is 1. The molecule has 0 aliphatic rings. The molecule has 0 saturated heterocycles. The number of anilines is 1. The number of rotatable bonds is 7. The third kappa shape index (κ3) is 5.61. The first-order valence-electron chi connectivity index (χ1n) is 9.92. The van der Waals surface area contributed by atoms with Crippen LogP contribution in [-0.4, -0.2) is 15.7 Å². The summed E-state index contributed by atoms with van der Waals surface area (Å²) in [6, 6.07) is 23.4. The molecule has 3 aromatic carbocycles. The molecule has 5 nitrogen and oxygen atoms in total. The van der Waals surface area contributed by atoms with Crippen LogP contribution in [0.15, 0.2) is 89.7 Å². The fourth-order valence-corrected chi connectivity index (χ4v) is 3.59. The van der Waals surface area contributed by atoms with Crippen molar-refractivity contribution in [3.05, 3.63) is 112 Å². The summed E-state index contributed by atoms with van der Waals surface area (Å²) >= 11 is 3.47. The van der Waals surface area contributed by atoms with E-state index in [1.165, 1.54) is 11.1 Å². The molecule has 4 rings (SSSR count). The fourth-order valence-electron chi connectivity index (χ4n) is 3.19. The van der Waals surface area contributed by atoms with Gasteiger partial charge in [0.25, 0.3) is 5.91 Å². The summed E-state index contributed by atoms with van der Waals surface area (Å²) in [5.74, 6) is 0.611. The predicted octanol–water partition coefficient (Wildman–Crippen LogP) is 5.83. The van der Waals surface area contributed by atoms with Gasteiger partial charge in [0.2, 0.25) is 0 Å². The smallest absolute Gasteiger partial charge is 0.255 e. The molecule has 1 aromatic heterocycles. The van der Waals surface area contributed by atoms with Crippen molar-refractivity contribution in [3.8, 4) is 5.75 Å². The van der Waals surface area contributed by atoms with Crippen LogP contribution >= 0.6 is 15.9 Å². The molecular weight excluding hydrogens is 454 g/mol. The van der Waals surface area contributed by atoms with E-state index in [9.17, 15) is 4.79 Å². The van der Waals surface area contributed by atoms with E-state index in [-0.39, 0.29) is 5.91 Å². The quantitative estimate of drug-likeness (QED) is 0.365. The second kappa shape index (κ2) is 9.62. The standard InChI is InChI=1S/C25H22BrN3O2/c1-18-5-4-6-20(13-18)15-29-16-22(14-27-29)28-25(30)21-11-9-19(10-12-21)17-31-24-8-3-2-7-23(24)26/h2-14,16H,15,17H2,1H3,(H,28,30). The van der Waals surface area contributed by atoms with Gasteiger partial charge in [-0.1, -0.05) is 54.1 Å². The normalized spacial score (nSPS) is 10.6. The van der Waals surface area contributed by atoms with Gasteiger partial charge in [-0.2, -0.15) is 5.10 Å². The zero-order valence-electron chi connectivity index (χ0n) is 17.1. The first-order chi connectivity index (χ1) is 15.1. The van der Waals surface area contributed by atoms with Crippen LogP contribution in [0.25, 0.3) is 0 Å². The summed E-state index contributed by atoms with van der Waals surface area (Å²) < 4.78 is 8.54. The number of benzene rings is 3. The Morgan fingerprint density at radius 3 is 2.61 bits per heavy atom. The number of aromatic nitrogens is 2. The third-order valence-electron chi connectivity index (χ3n) is 4.77. The van der Waals surface area contributed by atoms with Gasteiger partial charge < -0.3 is 10.1 Å². The first kappa shape index (κ1) is 20.9. The van der Waals surface area contributed by atoms with E-state index in [0.717, 1.165) is 15.8 Å². The number of nitrogens with one attached hydrogen (secondary N) is 1. The molecule has 0 spiro atoms. The zero-order chi connectivity index (χ0) is 21.6.